The molecule has 3 aromatic rings. The van der Waals surface area contributed by atoms with E-state index < -0.39 is 17.4 Å². The van der Waals surface area contributed by atoms with Crippen molar-refractivity contribution in [3.8, 4) is 0 Å². The number of ether oxygens (including phenoxy) is 2. The first-order valence-electron chi connectivity index (χ1n) is 13.4. The molecule has 0 aromatic heterocycles. The molecule has 3 aromatic carbocycles. The highest BCUT2D eigenvalue weighted by Gasteiger charge is 2.50. The lowest BCUT2D eigenvalue weighted by Crippen LogP contribution is -2.44. The van der Waals surface area contributed by atoms with Gasteiger partial charge in [-0.3, -0.25) is 9.59 Å². The predicted molar refractivity (Wildman–Crippen MR) is 163 cm³/mol. The average molecular weight is 578 g/mol. The first kappa shape index (κ1) is 29.6. The number of rotatable bonds is 7. The van der Waals surface area contributed by atoms with Crippen molar-refractivity contribution in [1.29, 1.82) is 0 Å². The quantitative estimate of drug-likeness (QED) is 0.209. The zero-order chi connectivity index (χ0) is 29.1. The fraction of sp³-hybridized carbons (Fsp3) is 0.294. The number of halogens is 2. The normalized spacial score (nSPS) is 14.0. The van der Waals surface area contributed by atoms with Crippen LogP contribution in [-0.2, 0) is 30.9 Å². The summed E-state index contributed by atoms with van der Waals surface area (Å²) in [6.07, 6.45) is 3.90. The molecule has 0 spiro atoms. The Bertz CT molecular complexity index is 1390. The summed E-state index contributed by atoms with van der Waals surface area (Å²) in [7, 11) is 0. The highest BCUT2D eigenvalue weighted by molar-refractivity contribution is 6.31. The minimum Gasteiger partial charge on any atom is -0.465 e. The molecule has 0 radical (unpaired) electrons. The second-order valence-corrected chi connectivity index (χ2v) is 11.8. The molecule has 1 aliphatic carbocycles. The van der Waals surface area contributed by atoms with Crippen LogP contribution >= 0.6 is 23.2 Å². The van der Waals surface area contributed by atoms with E-state index in [0.29, 0.717) is 10.0 Å². The van der Waals surface area contributed by atoms with Gasteiger partial charge in [0.05, 0.1) is 13.2 Å². The lowest BCUT2D eigenvalue weighted by atomic mass is 9.71. The first-order valence-corrected chi connectivity index (χ1v) is 14.2. The molecule has 0 unspecified atom stereocenters. The Hall–Kier alpha value is -3.34. The van der Waals surface area contributed by atoms with Gasteiger partial charge in [-0.15, -0.1) is 0 Å². The van der Waals surface area contributed by atoms with E-state index in [0.717, 1.165) is 39.0 Å². The first-order chi connectivity index (χ1) is 19.0. The number of benzene rings is 3. The van der Waals surface area contributed by atoms with Gasteiger partial charge in [0.2, 0.25) is 0 Å². The molecule has 6 heteroatoms. The molecule has 0 saturated carbocycles. The van der Waals surface area contributed by atoms with Crippen LogP contribution in [0.25, 0.3) is 11.1 Å². The summed E-state index contributed by atoms with van der Waals surface area (Å²) in [5.41, 5.74) is 4.71. The van der Waals surface area contributed by atoms with Gasteiger partial charge in [-0.2, -0.15) is 0 Å². The Morgan fingerprint density at radius 1 is 0.825 bits per heavy atom. The summed E-state index contributed by atoms with van der Waals surface area (Å²) in [5.74, 6) is -1.24. The Labute approximate surface area is 246 Å². The minimum atomic E-state index is -1.61. The van der Waals surface area contributed by atoms with Crippen LogP contribution in [0.4, 0.5) is 0 Å². The van der Waals surface area contributed by atoms with Crippen molar-refractivity contribution in [2.24, 2.45) is 5.41 Å². The van der Waals surface area contributed by atoms with Crippen LogP contribution in [0, 0.1) is 5.41 Å². The van der Waals surface area contributed by atoms with E-state index in [-0.39, 0.29) is 25.0 Å². The van der Waals surface area contributed by atoms with Crippen molar-refractivity contribution >= 4 is 46.3 Å². The third kappa shape index (κ3) is 6.19. The molecule has 0 aliphatic heterocycles. The van der Waals surface area contributed by atoms with Gasteiger partial charge in [0.15, 0.2) is 5.41 Å². The van der Waals surface area contributed by atoms with Gasteiger partial charge in [0, 0.05) is 16.5 Å². The fourth-order valence-electron chi connectivity index (χ4n) is 4.89. The standard InChI is InChI=1S/C34H34Cl2O4/c1-6-39-31(37)34(32(38)40-7-2)20-24-8-13-26(33(3,4)5)19-30(24)25(21-34)18-29(22-9-14-27(35)15-10-22)23-11-16-28(36)17-12-23/h8-19,21H,6-7,20H2,1-5H3. The number of fused-ring (bicyclic) bond motifs is 1. The van der Waals surface area contributed by atoms with Gasteiger partial charge in [0.1, 0.15) is 0 Å². The number of allylic oxidation sites excluding steroid dienone is 2. The van der Waals surface area contributed by atoms with E-state index >= 15 is 0 Å². The van der Waals surface area contributed by atoms with Crippen molar-refractivity contribution in [3.63, 3.8) is 0 Å². The Morgan fingerprint density at radius 2 is 1.32 bits per heavy atom. The summed E-state index contributed by atoms with van der Waals surface area (Å²) in [4.78, 5) is 27.0. The Balaban J connectivity index is 2.04. The van der Waals surface area contributed by atoms with Crippen molar-refractivity contribution < 1.29 is 19.1 Å². The van der Waals surface area contributed by atoms with Crippen LogP contribution < -0.4 is 0 Å². The highest BCUT2D eigenvalue weighted by Crippen LogP contribution is 2.43. The van der Waals surface area contributed by atoms with E-state index in [1.54, 1.807) is 19.9 Å². The summed E-state index contributed by atoms with van der Waals surface area (Å²) >= 11 is 12.4. The monoisotopic (exact) mass is 576 g/mol. The van der Waals surface area contributed by atoms with E-state index in [9.17, 15) is 9.59 Å². The number of hydrogen-bond donors (Lipinski definition) is 0. The molecule has 0 heterocycles. The van der Waals surface area contributed by atoms with Gasteiger partial charge in [-0.25, -0.2) is 0 Å². The molecule has 208 valence electrons. The molecule has 0 bridgehead atoms. The van der Waals surface area contributed by atoms with Crippen LogP contribution in [0.3, 0.4) is 0 Å². The van der Waals surface area contributed by atoms with E-state index in [2.05, 4.69) is 32.9 Å². The lowest BCUT2D eigenvalue weighted by molar-refractivity contribution is -0.168. The topological polar surface area (TPSA) is 52.6 Å². The molecular weight excluding hydrogens is 543 g/mol. The molecular formula is C34H34Cl2O4. The highest BCUT2D eigenvalue weighted by atomic mass is 35.5. The zero-order valence-corrected chi connectivity index (χ0v) is 25.0. The van der Waals surface area contributed by atoms with Crippen molar-refractivity contribution in [2.75, 3.05) is 13.2 Å². The molecule has 4 nitrogen and oxygen atoms in total. The van der Waals surface area contributed by atoms with Gasteiger partial charge in [0.25, 0.3) is 0 Å². The molecule has 0 atom stereocenters. The predicted octanol–water partition coefficient (Wildman–Crippen LogP) is 8.47. The smallest absolute Gasteiger partial charge is 0.327 e. The average Bonchev–Trinajstić information content (AvgIpc) is 2.92. The molecule has 0 N–H and O–H groups in total. The second kappa shape index (κ2) is 12.0. The van der Waals surface area contributed by atoms with Gasteiger partial charge in [-0.05, 0) is 94.6 Å². The van der Waals surface area contributed by atoms with Crippen LogP contribution in [0.5, 0.6) is 0 Å². The molecule has 0 fully saturated rings. The number of esters is 2. The summed E-state index contributed by atoms with van der Waals surface area (Å²) in [6.45, 7) is 10.2. The maximum atomic E-state index is 13.5. The summed E-state index contributed by atoms with van der Waals surface area (Å²) < 4.78 is 10.9. The second-order valence-electron chi connectivity index (χ2n) is 10.9. The Morgan fingerprint density at radius 3 is 1.77 bits per heavy atom. The summed E-state index contributed by atoms with van der Waals surface area (Å²) in [6, 6.07) is 21.4. The van der Waals surface area contributed by atoms with Crippen LogP contribution in [0.2, 0.25) is 10.0 Å². The van der Waals surface area contributed by atoms with Crippen LogP contribution in [0.1, 0.15) is 62.4 Å². The fourth-order valence-corrected chi connectivity index (χ4v) is 5.14. The maximum Gasteiger partial charge on any atom is 0.327 e. The van der Waals surface area contributed by atoms with Crippen molar-refractivity contribution in [1.82, 2.24) is 0 Å². The third-order valence-electron chi connectivity index (χ3n) is 7.05. The lowest BCUT2D eigenvalue weighted by Gasteiger charge is -2.33. The summed E-state index contributed by atoms with van der Waals surface area (Å²) in [5, 5.41) is 1.25. The van der Waals surface area contributed by atoms with Crippen molar-refractivity contribution in [2.45, 2.75) is 46.5 Å². The number of hydrogen-bond acceptors (Lipinski definition) is 4. The van der Waals surface area contributed by atoms with E-state index in [1.165, 1.54) is 0 Å². The Kier molecular flexibility index (Phi) is 8.92. The largest absolute Gasteiger partial charge is 0.465 e. The van der Waals surface area contributed by atoms with Gasteiger partial charge >= 0.3 is 11.9 Å². The van der Waals surface area contributed by atoms with Crippen LogP contribution in [-0.4, -0.2) is 25.2 Å². The number of carbonyl (C=O) groups is 2. The van der Waals surface area contributed by atoms with Crippen molar-refractivity contribution in [3.05, 3.63) is 117 Å². The van der Waals surface area contributed by atoms with Crippen LogP contribution in [0.15, 0.2) is 78.9 Å². The minimum absolute atomic E-state index is 0.101. The molecule has 1 aliphatic rings. The third-order valence-corrected chi connectivity index (χ3v) is 7.55. The number of carbonyl (C=O) groups excluding carboxylic acids is 2. The SMILES string of the molecule is CCOC(=O)C1(C(=O)OCC)C=C(C=C(c2ccc(Cl)cc2)c2ccc(Cl)cc2)c2cc(C(C)(C)C)ccc2C1. The molecule has 4 rings (SSSR count). The van der Waals surface area contributed by atoms with E-state index in [1.807, 2.05) is 60.7 Å². The maximum absolute atomic E-state index is 13.5. The molecule has 40 heavy (non-hydrogen) atoms. The van der Waals surface area contributed by atoms with Gasteiger partial charge < -0.3 is 9.47 Å². The van der Waals surface area contributed by atoms with E-state index in [4.69, 9.17) is 32.7 Å². The zero-order valence-electron chi connectivity index (χ0n) is 23.5. The molecule has 0 amide bonds. The molecule has 0 saturated heterocycles. The van der Waals surface area contributed by atoms with Gasteiger partial charge in [-0.1, -0.05) is 86.4 Å².